The van der Waals surface area contributed by atoms with E-state index in [0.717, 1.165) is 11.1 Å². The lowest BCUT2D eigenvalue weighted by molar-refractivity contribution is 0.102. The van der Waals surface area contributed by atoms with Crippen molar-refractivity contribution in [1.82, 2.24) is 0 Å². The molecule has 3 aromatic carbocycles. The molecule has 1 amide bonds. The molecule has 5 nitrogen and oxygen atoms in total. The molecule has 144 valence electrons. The minimum atomic E-state index is -0.709. The molecule has 5 heteroatoms. The maximum Gasteiger partial charge on any atom is 0.349 e. The van der Waals surface area contributed by atoms with Crippen LogP contribution in [0.2, 0.25) is 0 Å². The van der Waals surface area contributed by atoms with Gasteiger partial charge in [0.1, 0.15) is 5.56 Å². The second kappa shape index (κ2) is 8.02. The van der Waals surface area contributed by atoms with Gasteiger partial charge in [-0.25, -0.2) is 4.79 Å². The van der Waals surface area contributed by atoms with Crippen LogP contribution in [0.5, 0.6) is 5.75 Å². The van der Waals surface area contributed by atoms with E-state index < -0.39 is 11.5 Å². The van der Waals surface area contributed by atoms with E-state index in [9.17, 15) is 9.59 Å². The van der Waals surface area contributed by atoms with E-state index in [1.165, 1.54) is 6.07 Å². The fourth-order valence-electron chi connectivity index (χ4n) is 3.20. The number of fused-ring (bicyclic) bond motifs is 1. The van der Waals surface area contributed by atoms with E-state index in [1.807, 2.05) is 55.5 Å². The van der Waals surface area contributed by atoms with Crippen molar-refractivity contribution < 1.29 is 13.9 Å². The lowest BCUT2D eigenvalue weighted by Gasteiger charge is -2.11. The van der Waals surface area contributed by atoms with Crippen molar-refractivity contribution in [2.75, 3.05) is 11.9 Å². The molecular formula is C24H19NO4. The Balaban J connectivity index is 1.71. The molecule has 0 aliphatic rings. The zero-order chi connectivity index (χ0) is 20.2. The molecule has 0 unspecified atom stereocenters. The zero-order valence-electron chi connectivity index (χ0n) is 15.8. The number of benzene rings is 3. The lowest BCUT2D eigenvalue weighted by Crippen LogP contribution is -2.21. The highest BCUT2D eigenvalue weighted by Gasteiger charge is 2.17. The number of hydrogen-bond donors (Lipinski definition) is 1. The quantitative estimate of drug-likeness (QED) is 0.485. The summed E-state index contributed by atoms with van der Waals surface area (Å²) in [6.07, 6.45) is 0. The van der Waals surface area contributed by atoms with Crippen LogP contribution in [-0.2, 0) is 0 Å². The van der Waals surface area contributed by atoms with Crippen LogP contribution in [0.3, 0.4) is 0 Å². The first-order chi connectivity index (χ1) is 14.2. The van der Waals surface area contributed by atoms with E-state index in [4.69, 9.17) is 9.15 Å². The number of nitrogens with one attached hydrogen (secondary N) is 1. The van der Waals surface area contributed by atoms with Crippen molar-refractivity contribution in [3.63, 3.8) is 0 Å². The molecule has 1 heterocycles. The Labute approximate surface area is 167 Å². The Morgan fingerprint density at radius 2 is 1.72 bits per heavy atom. The van der Waals surface area contributed by atoms with Crippen LogP contribution in [0.15, 0.2) is 88.1 Å². The molecule has 0 spiro atoms. The first kappa shape index (κ1) is 18.5. The van der Waals surface area contributed by atoms with Gasteiger partial charge in [-0.05, 0) is 30.7 Å². The fourth-order valence-corrected chi connectivity index (χ4v) is 3.20. The third-order valence-corrected chi connectivity index (χ3v) is 4.53. The number of para-hydroxylation sites is 2. The number of carbonyl (C=O) groups is 1. The predicted molar refractivity (Wildman–Crippen MR) is 113 cm³/mol. The number of anilines is 1. The third kappa shape index (κ3) is 3.75. The molecular weight excluding hydrogens is 366 g/mol. The lowest BCUT2D eigenvalue weighted by atomic mass is 10.0. The molecule has 0 aliphatic carbocycles. The normalized spacial score (nSPS) is 10.7. The van der Waals surface area contributed by atoms with Gasteiger partial charge in [0, 0.05) is 16.6 Å². The van der Waals surface area contributed by atoms with Crippen molar-refractivity contribution in [3.05, 3.63) is 94.8 Å². The molecule has 1 N–H and O–H groups in total. The number of rotatable bonds is 5. The van der Waals surface area contributed by atoms with Gasteiger partial charge < -0.3 is 14.5 Å². The predicted octanol–water partition coefficient (Wildman–Crippen LogP) is 5.11. The summed E-state index contributed by atoms with van der Waals surface area (Å²) in [5.41, 5.74) is 2.01. The molecule has 0 saturated carbocycles. The molecule has 0 aliphatic heterocycles. The van der Waals surface area contributed by atoms with Gasteiger partial charge in [0.25, 0.3) is 5.91 Å². The number of carbonyl (C=O) groups excluding carboxylic acids is 1. The average molecular weight is 385 g/mol. The Hall–Kier alpha value is -3.86. The van der Waals surface area contributed by atoms with E-state index in [1.54, 1.807) is 24.3 Å². The maximum atomic E-state index is 12.9. The van der Waals surface area contributed by atoms with Gasteiger partial charge in [0.05, 0.1) is 6.61 Å². The van der Waals surface area contributed by atoms with Crippen molar-refractivity contribution in [2.45, 2.75) is 6.92 Å². The van der Waals surface area contributed by atoms with Gasteiger partial charge in [0.2, 0.25) is 0 Å². The van der Waals surface area contributed by atoms with Crippen LogP contribution in [0.25, 0.3) is 22.1 Å². The summed E-state index contributed by atoms with van der Waals surface area (Å²) in [5, 5.41) is 3.46. The maximum absolute atomic E-state index is 12.9. The molecule has 0 atom stereocenters. The number of amides is 1. The van der Waals surface area contributed by atoms with Crippen molar-refractivity contribution in [1.29, 1.82) is 0 Å². The van der Waals surface area contributed by atoms with Crippen molar-refractivity contribution >= 4 is 22.6 Å². The van der Waals surface area contributed by atoms with Gasteiger partial charge in [-0.3, -0.25) is 4.79 Å². The van der Waals surface area contributed by atoms with Crippen LogP contribution < -0.4 is 15.7 Å². The highest BCUT2D eigenvalue weighted by atomic mass is 16.5. The summed E-state index contributed by atoms with van der Waals surface area (Å²) in [7, 11) is 0. The van der Waals surface area contributed by atoms with E-state index >= 15 is 0 Å². The Bertz CT molecular complexity index is 1230. The van der Waals surface area contributed by atoms with E-state index in [-0.39, 0.29) is 5.56 Å². The summed E-state index contributed by atoms with van der Waals surface area (Å²) in [6.45, 7) is 2.30. The van der Waals surface area contributed by atoms with Gasteiger partial charge in [-0.15, -0.1) is 0 Å². The first-order valence-corrected chi connectivity index (χ1v) is 9.33. The van der Waals surface area contributed by atoms with Crippen LogP contribution in [0, 0.1) is 0 Å². The zero-order valence-corrected chi connectivity index (χ0v) is 15.8. The largest absolute Gasteiger partial charge is 0.490 e. The smallest absolute Gasteiger partial charge is 0.349 e. The number of hydrogen-bond acceptors (Lipinski definition) is 4. The summed E-state index contributed by atoms with van der Waals surface area (Å²) in [4.78, 5) is 25.4. The molecule has 0 fully saturated rings. The van der Waals surface area contributed by atoms with Crippen molar-refractivity contribution in [2.24, 2.45) is 0 Å². The first-order valence-electron chi connectivity index (χ1n) is 9.33. The molecule has 0 bridgehead atoms. The molecule has 1 aromatic heterocycles. The summed E-state index contributed by atoms with van der Waals surface area (Å²) >= 11 is 0. The molecule has 29 heavy (non-hydrogen) atoms. The minimum absolute atomic E-state index is 0.0611. The standard InChI is InChI=1S/C24H19NO4/c1-2-28-21-14-8-11-17-15-19(24(27)29-22(17)21)23(26)25-20-13-7-6-12-18(20)16-9-4-3-5-10-16/h3-15H,2H2,1H3,(H,25,26). The van der Waals surface area contributed by atoms with Gasteiger partial charge in [-0.2, -0.15) is 0 Å². The second-order valence-electron chi connectivity index (χ2n) is 6.42. The molecule has 4 aromatic rings. The minimum Gasteiger partial charge on any atom is -0.490 e. The van der Waals surface area contributed by atoms with E-state index in [0.29, 0.717) is 29.0 Å². The summed E-state index contributed by atoms with van der Waals surface area (Å²) in [5.74, 6) is -0.0469. The topological polar surface area (TPSA) is 68.5 Å². The molecule has 0 saturated heterocycles. The molecule has 4 rings (SSSR count). The Morgan fingerprint density at radius 3 is 2.52 bits per heavy atom. The van der Waals surface area contributed by atoms with Crippen LogP contribution in [0.4, 0.5) is 5.69 Å². The average Bonchev–Trinajstić information content (AvgIpc) is 2.75. The highest BCUT2D eigenvalue weighted by molar-refractivity contribution is 6.07. The Morgan fingerprint density at radius 1 is 0.966 bits per heavy atom. The summed E-state index contributed by atoms with van der Waals surface area (Å²) < 4.78 is 10.9. The monoisotopic (exact) mass is 385 g/mol. The fraction of sp³-hybridized carbons (Fsp3) is 0.0833. The van der Waals surface area contributed by atoms with Crippen LogP contribution in [0.1, 0.15) is 17.3 Å². The highest BCUT2D eigenvalue weighted by Crippen LogP contribution is 2.28. The Kier molecular flexibility index (Phi) is 5.12. The third-order valence-electron chi connectivity index (χ3n) is 4.53. The summed E-state index contributed by atoms with van der Waals surface area (Å²) in [6, 6.07) is 24.0. The van der Waals surface area contributed by atoms with Gasteiger partial charge >= 0.3 is 5.63 Å². The number of ether oxygens (including phenoxy) is 1. The van der Waals surface area contributed by atoms with Crippen molar-refractivity contribution in [3.8, 4) is 16.9 Å². The second-order valence-corrected chi connectivity index (χ2v) is 6.42. The van der Waals surface area contributed by atoms with Crippen LogP contribution >= 0.6 is 0 Å². The van der Waals surface area contributed by atoms with Gasteiger partial charge in [0.15, 0.2) is 11.3 Å². The SMILES string of the molecule is CCOc1cccc2cc(C(=O)Nc3ccccc3-c3ccccc3)c(=O)oc12. The molecule has 0 radical (unpaired) electrons. The van der Waals surface area contributed by atoms with Gasteiger partial charge in [-0.1, -0.05) is 60.7 Å². The van der Waals surface area contributed by atoms with Crippen LogP contribution in [-0.4, -0.2) is 12.5 Å². The van der Waals surface area contributed by atoms with E-state index in [2.05, 4.69) is 5.32 Å².